The van der Waals surface area contributed by atoms with Gasteiger partial charge >= 0.3 is 6.18 Å². The average molecular weight is 361 g/mol. The Bertz CT molecular complexity index is 849. The summed E-state index contributed by atoms with van der Waals surface area (Å²) in [4.78, 5) is 13.7. The molecule has 4 nitrogen and oxygen atoms in total. The Labute approximate surface area is 149 Å². The number of nitriles is 1. The molecular weight excluding hydrogens is 343 g/mol. The number of carbonyl (C=O) groups is 1. The molecular formula is C19H18F3N3O. The number of hydrogen-bond acceptors (Lipinski definition) is 3. The molecule has 0 heterocycles. The number of aryl methyl sites for hydroxylation is 2. The standard InChI is InChI=1S/C19H18F3N3O/c1-12-5-4-6-13(2)18(12)24-17(26)11-25(3)15-8-7-14(10-23)16(9-15)19(20,21)22/h4-9H,11H2,1-3H3,(H,24,26). The second-order valence-electron chi connectivity index (χ2n) is 6.01. The van der Waals surface area contributed by atoms with Gasteiger partial charge in [-0.05, 0) is 43.2 Å². The minimum absolute atomic E-state index is 0.128. The number of nitrogens with one attached hydrogen (secondary N) is 1. The first-order chi connectivity index (χ1) is 12.1. The minimum Gasteiger partial charge on any atom is -0.365 e. The zero-order valence-electron chi connectivity index (χ0n) is 14.6. The summed E-state index contributed by atoms with van der Waals surface area (Å²) in [5, 5.41) is 11.6. The van der Waals surface area contributed by atoms with Gasteiger partial charge < -0.3 is 10.2 Å². The van der Waals surface area contributed by atoms with Gasteiger partial charge in [0.25, 0.3) is 0 Å². The summed E-state index contributed by atoms with van der Waals surface area (Å²) < 4.78 is 39.2. The van der Waals surface area contributed by atoms with Gasteiger partial charge in [0.15, 0.2) is 0 Å². The van der Waals surface area contributed by atoms with Crippen LogP contribution in [0.2, 0.25) is 0 Å². The van der Waals surface area contributed by atoms with Gasteiger partial charge in [0, 0.05) is 18.4 Å². The molecule has 0 aliphatic carbocycles. The fourth-order valence-corrected chi connectivity index (χ4v) is 2.60. The second kappa shape index (κ2) is 7.48. The summed E-state index contributed by atoms with van der Waals surface area (Å²) in [6.07, 6.45) is -4.64. The van der Waals surface area contributed by atoms with E-state index < -0.39 is 17.3 Å². The van der Waals surface area contributed by atoms with E-state index in [4.69, 9.17) is 5.26 Å². The molecule has 0 aromatic heterocycles. The van der Waals surface area contributed by atoms with Crippen molar-refractivity contribution >= 4 is 17.3 Å². The lowest BCUT2D eigenvalue weighted by molar-refractivity contribution is -0.137. The highest BCUT2D eigenvalue weighted by molar-refractivity contribution is 5.95. The summed E-state index contributed by atoms with van der Waals surface area (Å²) in [7, 11) is 1.52. The number of nitrogens with zero attached hydrogens (tertiary/aromatic N) is 2. The maximum atomic E-state index is 13.1. The van der Waals surface area contributed by atoms with E-state index in [2.05, 4.69) is 5.32 Å². The summed E-state index contributed by atoms with van der Waals surface area (Å²) in [6.45, 7) is 3.60. The number of likely N-dealkylation sites (N-methyl/N-ethyl adjacent to an activating group) is 1. The monoisotopic (exact) mass is 361 g/mol. The van der Waals surface area contributed by atoms with Crippen LogP contribution in [0.5, 0.6) is 0 Å². The lowest BCUT2D eigenvalue weighted by Gasteiger charge is -2.21. The highest BCUT2D eigenvalue weighted by Gasteiger charge is 2.34. The predicted molar refractivity (Wildman–Crippen MR) is 94.0 cm³/mol. The highest BCUT2D eigenvalue weighted by Crippen LogP contribution is 2.34. The Morgan fingerprint density at radius 1 is 1.19 bits per heavy atom. The van der Waals surface area contributed by atoms with Crippen molar-refractivity contribution in [3.63, 3.8) is 0 Å². The summed E-state index contributed by atoms with van der Waals surface area (Å²) in [5.41, 5.74) is 1.24. The highest BCUT2D eigenvalue weighted by atomic mass is 19.4. The number of rotatable bonds is 4. The van der Waals surface area contributed by atoms with Crippen molar-refractivity contribution in [2.45, 2.75) is 20.0 Å². The first-order valence-corrected chi connectivity index (χ1v) is 7.82. The zero-order chi connectivity index (χ0) is 19.5. The van der Waals surface area contributed by atoms with Gasteiger partial charge in [0.05, 0.1) is 23.7 Å². The quantitative estimate of drug-likeness (QED) is 0.885. The maximum Gasteiger partial charge on any atom is 0.417 e. The van der Waals surface area contributed by atoms with E-state index >= 15 is 0 Å². The van der Waals surface area contributed by atoms with Gasteiger partial charge in [-0.1, -0.05) is 18.2 Å². The first-order valence-electron chi connectivity index (χ1n) is 7.82. The van der Waals surface area contributed by atoms with Crippen molar-refractivity contribution in [1.82, 2.24) is 0 Å². The third kappa shape index (κ3) is 4.33. The van der Waals surface area contributed by atoms with Gasteiger partial charge in [-0.3, -0.25) is 4.79 Å². The fraction of sp³-hybridized carbons (Fsp3) is 0.263. The Hall–Kier alpha value is -3.01. The number of carbonyl (C=O) groups excluding carboxylic acids is 1. The van der Waals surface area contributed by atoms with E-state index in [0.29, 0.717) is 5.69 Å². The third-order valence-corrected chi connectivity index (χ3v) is 4.00. The van der Waals surface area contributed by atoms with Crippen LogP contribution in [0.3, 0.4) is 0 Å². The number of hydrogen-bond donors (Lipinski definition) is 1. The van der Waals surface area contributed by atoms with E-state index in [1.54, 1.807) is 0 Å². The van der Waals surface area contributed by atoms with Gasteiger partial charge in [0.1, 0.15) is 0 Å². The van der Waals surface area contributed by atoms with Crippen LogP contribution in [0.1, 0.15) is 22.3 Å². The molecule has 7 heteroatoms. The summed E-state index contributed by atoms with van der Waals surface area (Å²) in [5.74, 6) is -0.345. The SMILES string of the molecule is Cc1cccc(C)c1NC(=O)CN(C)c1ccc(C#N)c(C(F)(F)F)c1. The van der Waals surface area contributed by atoms with E-state index in [9.17, 15) is 18.0 Å². The molecule has 1 N–H and O–H groups in total. The Morgan fingerprint density at radius 2 is 1.81 bits per heavy atom. The van der Waals surface area contributed by atoms with E-state index in [1.807, 2.05) is 32.0 Å². The molecule has 0 saturated carbocycles. The largest absolute Gasteiger partial charge is 0.417 e. The molecule has 0 saturated heterocycles. The Balaban J connectivity index is 2.18. The van der Waals surface area contributed by atoms with E-state index in [1.165, 1.54) is 24.1 Å². The molecule has 0 spiro atoms. The molecule has 2 rings (SSSR count). The van der Waals surface area contributed by atoms with E-state index in [0.717, 1.165) is 23.3 Å². The Morgan fingerprint density at radius 3 is 2.35 bits per heavy atom. The molecule has 0 atom stereocenters. The molecule has 1 amide bonds. The molecule has 136 valence electrons. The van der Waals surface area contributed by atoms with Crippen LogP contribution >= 0.6 is 0 Å². The fourth-order valence-electron chi connectivity index (χ4n) is 2.60. The molecule has 0 radical (unpaired) electrons. The lowest BCUT2D eigenvalue weighted by atomic mass is 10.1. The van der Waals surface area contributed by atoms with Crippen LogP contribution in [0, 0.1) is 25.2 Å². The number of benzene rings is 2. The average Bonchev–Trinajstić information content (AvgIpc) is 2.57. The molecule has 2 aromatic carbocycles. The summed E-state index contributed by atoms with van der Waals surface area (Å²) in [6, 6.07) is 10.5. The Kier molecular flexibility index (Phi) is 5.56. The molecule has 0 fully saturated rings. The molecule has 0 aliphatic heterocycles. The molecule has 0 aliphatic rings. The van der Waals surface area contributed by atoms with Gasteiger partial charge in [-0.15, -0.1) is 0 Å². The van der Waals surface area contributed by atoms with Gasteiger partial charge in [-0.2, -0.15) is 18.4 Å². The third-order valence-electron chi connectivity index (χ3n) is 4.00. The molecule has 2 aromatic rings. The first kappa shape index (κ1) is 19.3. The number of amides is 1. The van der Waals surface area contributed by atoms with E-state index in [-0.39, 0.29) is 18.1 Å². The maximum absolute atomic E-state index is 13.1. The van der Waals surface area contributed by atoms with Crippen molar-refractivity contribution in [3.05, 3.63) is 58.7 Å². The van der Waals surface area contributed by atoms with Gasteiger partial charge in [-0.25, -0.2) is 0 Å². The number of alkyl halides is 3. The lowest BCUT2D eigenvalue weighted by Crippen LogP contribution is -2.30. The van der Waals surface area contributed by atoms with Crippen molar-refractivity contribution in [2.24, 2.45) is 0 Å². The molecule has 0 bridgehead atoms. The number of halogens is 3. The smallest absolute Gasteiger partial charge is 0.365 e. The second-order valence-corrected chi connectivity index (χ2v) is 6.01. The van der Waals surface area contributed by atoms with Crippen LogP contribution in [0.25, 0.3) is 0 Å². The number of para-hydroxylation sites is 1. The number of anilines is 2. The van der Waals surface area contributed by atoms with Crippen LogP contribution in [-0.4, -0.2) is 19.5 Å². The molecule has 26 heavy (non-hydrogen) atoms. The van der Waals surface area contributed by atoms with Crippen LogP contribution < -0.4 is 10.2 Å². The molecule has 0 unspecified atom stereocenters. The normalized spacial score (nSPS) is 11.0. The van der Waals surface area contributed by atoms with Crippen molar-refractivity contribution in [1.29, 1.82) is 5.26 Å². The topological polar surface area (TPSA) is 56.1 Å². The minimum atomic E-state index is -4.64. The van der Waals surface area contributed by atoms with Crippen LogP contribution in [0.4, 0.5) is 24.5 Å². The van der Waals surface area contributed by atoms with Crippen molar-refractivity contribution < 1.29 is 18.0 Å². The predicted octanol–water partition coefficient (Wildman–Crippen LogP) is 4.27. The van der Waals surface area contributed by atoms with Crippen LogP contribution in [-0.2, 0) is 11.0 Å². The zero-order valence-corrected chi connectivity index (χ0v) is 14.6. The van der Waals surface area contributed by atoms with Gasteiger partial charge in [0.2, 0.25) is 5.91 Å². The van der Waals surface area contributed by atoms with Crippen molar-refractivity contribution in [3.8, 4) is 6.07 Å². The van der Waals surface area contributed by atoms with Crippen LogP contribution in [0.15, 0.2) is 36.4 Å². The summed E-state index contributed by atoms with van der Waals surface area (Å²) >= 11 is 0. The van der Waals surface area contributed by atoms with Crippen molar-refractivity contribution in [2.75, 3.05) is 23.8 Å².